The number of likely N-dealkylation sites (N-methyl/N-ethyl adjacent to an activating group) is 1. The number of nitriles is 1. The number of nitrogens with zero attached hydrogens (tertiary/aromatic N) is 6. The molecule has 7 nitrogen and oxygen atoms in total. The summed E-state index contributed by atoms with van der Waals surface area (Å²) in [5.74, 6) is 0.183. The lowest BCUT2D eigenvalue weighted by Gasteiger charge is -2.37. The van der Waals surface area contributed by atoms with Gasteiger partial charge in [0.2, 0.25) is 5.91 Å². The Balaban J connectivity index is 1.68. The van der Waals surface area contributed by atoms with E-state index in [0.717, 1.165) is 51.4 Å². The van der Waals surface area contributed by atoms with Crippen LogP contribution < -0.4 is 0 Å². The van der Waals surface area contributed by atoms with Gasteiger partial charge in [-0.05, 0) is 26.5 Å². The SMILES string of the molecule is CC(C(=O)N1CCCn2nc(C#N)cc2C1)N1CCN(C)CC1. The average molecular weight is 316 g/mol. The fourth-order valence-corrected chi connectivity index (χ4v) is 3.33. The molecule has 0 saturated carbocycles. The van der Waals surface area contributed by atoms with Gasteiger partial charge in [0.15, 0.2) is 5.69 Å². The third-order valence-corrected chi connectivity index (χ3v) is 4.88. The summed E-state index contributed by atoms with van der Waals surface area (Å²) in [5.41, 5.74) is 1.39. The summed E-state index contributed by atoms with van der Waals surface area (Å²) in [4.78, 5) is 19.4. The van der Waals surface area contributed by atoms with E-state index >= 15 is 0 Å². The van der Waals surface area contributed by atoms with Gasteiger partial charge in [0.05, 0.1) is 18.3 Å². The van der Waals surface area contributed by atoms with Crippen molar-refractivity contribution in [1.82, 2.24) is 24.5 Å². The smallest absolute Gasteiger partial charge is 0.239 e. The Morgan fingerprint density at radius 3 is 2.70 bits per heavy atom. The second-order valence-electron chi connectivity index (χ2n) is 6.48. The van der Waals surface area contributed by atoms with Crippen LogP contribution in [0.5, 0.6) is 0 Å². The van der Waals surface area contributed by atoms with Crippen molar-refractivity contribution in [1.29, 1.82) is 5.26 Å². The first-order valence-electron chi connectivity index (χ1n) is 8.26. The summed E-state index contributed by atoms with van der Waals surface area (Å²) in [7, 11) is 2.12. The van der Waals surface area contributed by atoms with Gasteiger partial charge in [-0.1, -0.05) is 0 Å². The molecule has 2 aliphatic heterocycles. The zero-order valence-corrected chi connectivity index (χ0v) is 13.9. The van der Waals surface area contributed by atoms with E-state index in [1.807, 2.05) is 16.5 Å². The fraction of sp³-hybridized carbons (Fsp3) is 0.688. The Hall–Kier alpha value is -1.91. The summed E-state index contributed by atoms with van der Waals surface area (Å²) in [6.07, 6.45) is 0.876. The minimum absolute atomic E-state index is 0.0893. The van der Waals surface area contributed by atoms with Gasteiger partial charge < -0.3 is 9.80 Å². The molecule has 1 aromatic rings. The van der Waals surface area contributed by atoms with Gasteiger partial charge in [0.1, 0.15) is 6.07 Å². The van der Waals surface area contributed by atoms with Crippen LogP contribution in [0.2, 0.25) is 0 Å². The molecule has 0 aromatic carbocycles. The Morgan fingerprint density at radius 1 is 1.26 bits per heavy atom. The van der Waals surface area contributed by atoms with Crippen LogP contribution in [-0.2, 0) is 17.9 Å². The number of aromatic nitrogens is 2. The van der Waals surface area contributed by atoms with E-state index in [2.05, 4.69) is 28.0 Å². The van der Waals surface area contributed by atoms with E-state index < -0.39 is 0 Å². The largest absolute Gasteiger partial charge is 0.335 e. The highest BCUT2D eigenvalue weighted by Crippen LogP contribution is 2.16. The third kappa shape index (κ3) is 3.38. The second-order valence-corrected chi connectivity index (χ2v) is 6.48. The second kappa shape index (κ2) is 6.69. The van der Waals surface area contributed by atoms with Gasteiger partial charge in [-0.25, -0.2) is 0 Å². The number of carbonyl (C=O) groups is 1. The van der Waals surface area contributed by atoms with E-state index in [4.69, 9.17) is 5.26 Å². The van der Waals surface area contributed by atoms with Crippen molar-refractivity contribution < 1.29 is 4.79 Å². The predicted octanol–water partition coefficient (Wildman–Crippen LogP) is 0.123. The average Bonchev–Trinajstić information content (AvgIpc) is 2.85. The highest BCUT2D eigenvalue weighted by molar-refractivity contribution is 5.81. The highest BCUT2D eigenvalue weighted by Gasteiger charge is 2.29. The van der Waals surface area contributed by atoms with Gasteiger partial charge in [-0.15, -0.1) is 0 Å². The van der Waals surface area contributed by atoms with Gasteiger partial charge >= 0.3 is 0 Å². The number of amides is 1. The molecule has 0 bridgehead atoms. The summed E-state index contributed by atoms with van der Waals surface area (Å²) in [6, 6.07) is 3.79. The minimum Gasteiger partial charge on any atom is -0.335 e. The number of hydrogen-bond acceptors (Lipinski definition) is 5. The van der Waals surface area contributed by atoms with Crippen LogP contribution in [0.15, 0.2) is 6.07 Å². The number of carbonyl (C=O) groups excluding carboxylic acids is 1. The van der Waals surface area contributed by atoms with Crippen LogP contribution in [-0.4, -0.2) is 76.2 Å². The zero-order chi connectivity index (χ0) is 16.4. The van der Waals surface area contributed by atoms with E-state index in [1.54, 1.807) is 6.07 Å². The lowest BCUT2D eigenvalue weighted by atomic mass is 10.2. The molecule has 7 heteroatoms. The summed E-state index contributed by atoms with van der Waals surface area (Å²) >= 11 is 0. The molecular formula is C16H24N6O. The molecule has 0 radical (unpaired) electrons. The predicted molar refractivity (Wildman–Crippen MR) is 85.5 cm³/mol. The third-order valence-electron chi connectivity index (χ3n) is 4.88. The van der Waals surface area contributed by atoms with Gasteiger partial charge in [-0.2, -0.15) is 10.4 Å². The molecule has 2 aliphatic rings. The van der Waals surface area contributed by atoms with Crippen molar-refractivity contribution in [2.75, 3.05) is 39.8 Å². The molecule has 3 heterocycles. The molecule has 1 fully saturated rings. The van der Waals surface area contributed by atoms with Gasteiger partial charge in [0, 0.05) is 39.3 Å². The number of hydrogen-bond donors (Lipinski definition) is 0. The topological polar surface area (TPSA) is 68.4 Å². The van der Waals surface area contributed by atoms with Gasteiger partial charge in [-0.3, -0.25) is 14.4 Å². The van der Waals surface area contributed by atoms with Crippen LogP contribution in [0.4, 0.5) is 0 Å². The minimum atomic E-state index is -0.0893. The summed E-state index contributed by atoms with van der Waals surface area (Å²) in [6.45, 7) is 7.97. The number of rotatable bonds is 2. The molecule has 1 saturated heterocycles. The van der Waals surface area contributed by atoms with E-state index in [1.165, 1.54) is 0 Å². The molecule has 0 aliphatic carbocycles. The van der Waals surface area contributed by atoms with E-state index in [-0.39, 0.29) is 11.9 Å². The van der Waals surface area contributed by atoms with Crippen molar-refractivity contribution in [3.8, 4) is 6.07 Å². The van der Waals surface area contributed by atoms with E-state index in [0.29, 0.717) is 12.2 Å². The monoisotopic (exact) mass is 316 g/mol. The first-order chi connectivity index (χ1) is 11.1. The molecule has 124 valence electrons. The Morgan fingerprint density at radius 2 is 2.00 bits per heavy atom. The van der Waals surface area contributed by atoms with Crippen molar-refractivity contribution in [3.05, 3.63) is 17.5 Å². The van der Waals surface area contributed by atoms with Crippen LogP contribution in [0, 0.1) is 11.3 Å². The molecule has 1 atom stereocenters. The summed E-state index contributed by atoms with van der Waals surface area (Å²) < 4.78 is 1.87. The maximum absolute atomic E-state index is 12.9. The van der Waals surface area contributed by atoms with Crippen molar-refractivity contribution in [3.63, 3.8) is 0 Å². The molecule has 0 N–H and O–H groups in total. The number of fused-ring (bicyclic) bond motifs is 1. The van der Waals surface area contributed by atoms with Crippen LogP contribution in [0.1, 0.15) is 24.7 Å². The molecule has 1 amide bonds. The Bertz CT molecular complexity index is 611. The van der Waals surface area contributed by atoms with Crippen LogP contribution >= 0.6 is 0 Å². The molecule has 23 heavy (non-hydrogen) atoms. The quantitative estimate of drug-likeness (QED) is 0.775. The standard InChI is InChI=1S/C16H24N6O/c1-13(20-8-6-19(2)7-9-20)16(23)21-4-3-5-22-15(12-21)10-14(11-17)18-22/h10,13H,3-9,12H2,1-2H3. The van der Waals surface area contributed by atoms with Crippen molar-refractivity contribution in [2.24, 2.45) is 0 Å². The fourth-order valence-electron chi connectivity index (χ4n) is 3.33. The van der Waals surface area contributed by atoms with Crippen LogP contribution in [0.25, 0.3) is 0 Å². The first kappa shape index (κ1) is 16.0. The normalized spacial score (nSPS) is 21.3. The van der Waals surface area contributed by atoms with Crippen LogP contribution in [0.3, 0.4) is 0 Å². The zero-order valence-electron chi connectivity index (χ0n) is 13.9. The highest BCUT2D eigenvalue weighted by atomic mass is 16.2. The first-order valence-corrected chi connectivity index (χ1v) is 8.26. The summed E-state index contributed by atoms with van der Waals surface area (Å²) in [5, 5.41) is 13.3. The van der Waals surface area contributed by atoms with E-state index in [9.17, 15) is 4.79 Å². The molecular weight excluding hydrogens is 292 g/mol. The Labute approximate surface area is 137 Å². The lowest BCUT2D eigenvalue weighted by Crippen LogP contribution is -2.53. The number of aryl methyl sites for hydroxylation is 1. The Kier molecular flexibility index (Phi) is 4.64. The maximum Gasteiger partial charge on any atom is 0.239 e. The lowest BCUT2D eigenvalue weighted by molar-refractivity contribution is -0.137. The number of piperazine rings is 1. The molecule has 1 aromatic heterocycles. The van der Waals surface area contributed by atoms with Crippen molar-refractivity contribution >= 4 is 5.91 Å². The molecule has 0 spiro atoms. The molecule has 1 unspecified atom stereocenters. The molecule has 3 rings (SSSR count). The maximum atomic E-state index is 12.9. The van der Waals surface area contributed by atoms with Crippen molar-refractivity contribution in [2.45, 2.75) is 32.5 Å². The van der Waals surface area contributed by atoms with Gasteiger partial charge in [0.25, 0.3) is 0 Å².